The first-order valence-corrected chi connectivity index (χ1v) is 10.7. The molecule has 27 heavy (non-hydrogen) atoms. The summed E-state index contributed by atoms with van der Waals surface area (Å²) in [5.74, 6) is -0.654. The highest BCUT2D eigenvalue weighted by Gasteiger charge is 2.34. The average Bonchev–Trinajstić information content (AvgIpc) is 3.14. The van der Waals surface area contributed by atoms with Gasteiger partial charge < -0.3 is 9.88 Å². The fourth-order valence-corrected chi connectivity index (χ4v) is 4.85. The zero-order valence-electron chi connectivity index (χ0n) is 15.4. The number of halogens is 1. The van der Waals surface area contributed by atoms with Gasteiger partial charge in [-0.3, -0.25) is 4.79 Å². The quantitative estimate of drug-likeness (QED) is 0.821. The number of nitrogens with one attached hydrogen (secondary N) is 1. The third-order valence-corrected chi connectivity index (χ3v) is 6.78. The summed E-state index contributed by atoms with van der Waals surface area (Å²) in [5, 5.41) is 3.31. The SMILES string of the molecule is CCn1cnc(S(=O)(=O)N2CCC[C@H](C(=O)Nc3ccc(C)cc3Cl)C2)c1. The number of rotatable bonds is 5. The van der Waals surface area contributed by atoms with Crippen molar-refractivity contribution in [3.05, 3.63) is 41.3 Å². The molecule has 7 nitrogen and oxygen atoms in total. The van der Waals surface area contributed by atoms with Crippen LogP contribution in [0.5, 0.6) is 0 Å². The number of sulfonamides is 1. The predicted molar refractivity (Wildman–Crippen MR) is 104 cm³/mol. The molecule has 0 radical (unpaired) electrons. The molecule has 1 atom stereocenters. The molecule has 0 unspecified atom stereocenters. The summed E-state index contributed by atoms with van der Waals surface area (Å²) in [7, 11) is -3.71. The van der Waals surface area contributed by atoms with E-state index < -0.39 is 15.9 Å². The van der Waals surface area contributed by atoms with Crippen LogP contribution in [0.3, 0.4) is 0 Å². The van der Waals surface area contributed by atoms with Crippen molar-refractivity contribution in [3.8, 4) is 0 Å². The van der Waals surface area contributed by atoms with Crippen LogP contribution in [0.25, 0.3) is 0 Å². The molecule has 1 aromatic carbocycles. The number of benzene rings is 1. The number of anilines is 1. The molecule has 1 aromatic heterocycles. The lowest BCUT2D eigenvalue weighted by Gasteiger charge is -2.30. The van der Waals surface area contributed by atoms with E-state index in [4.69, 9.17) is 11.6 Å². The van der Waals surface area contributed by atoms with Crippen molar-refractivity contribution in [1.82, 2.24) is 13.9 Å². The van der Waals surface area contributed by atoms with Gasteiger partial charge in [0, 0.05) is 25.8 Å². The number of carbonyl (C=O) groups is 1. The Hall–Kier alpha value is -1.90. The van der Waals surface area contributed by atoms with Crippen LogP contribution in [-0.2, 0) is 21.4 Å². The molecule has 1 saturated heterocycles. The first kappa shape index (κ1) is 19.9. The first-order valence-electron chi connectivity index (χ1n) is 8.90. The molecule has 1 aliphatic rings. The zero-order valence-corrected chi connectivity index (χ0v) is 16.9. The van der Waals surface area contributed by atoms with Crippen LogP contribution in [0.15, 0.2) is 35.7 Å². The van der Waals surface area contributed by atoms with Crippen LogP contribution < -0.4 is 5.32 Å². The van der Waals surface area contributed by atoms with Gasteiger partial charge in [-0.05, 0) is 44.4 Å². The van der Waals surface area contributed by atoms with E-state index in [-0.39, 0.29) is 17.5 Å². The first-order chi connectivity index (χ1) is 12.8. The van der Waals surface area contributed by atoms with Crippen LogP contribution in [0.1, 0.15) is 25.3 Å². The van der Waals surface area contributed by atoms with E-state index in [9.17, 15) is 13.2 Å². The minimum absolute atomic E-state index is 0.0204. The number of nitrogens with zero attached hydrogens (tertiary/aromatic N) is 3. The Bertz CT molecular complexity index is 942. The Morgan fingerprint density at radius 1 is 1.41 bits per heavy atom. The summed E-state index contributed by atoms with van der Waals surface area (Å²) >= 11 is 6.18. The van der Waals surface area contributed by atoms with Crippen LogP contribution in [0, 0.1) is 12.8 Å². The van der Waals surface area contributed by atoms with Crippen molar-refractivity contribution in [2.24, 2.45) is 5.92 Å². The molecule has 9 heteroatoms. The van der Waals surface area contributed by atoms with Crippen LogP contribution >= 0.6 is 11.6 Å². The molecule has 3 rings (SSSR count). The minimum atomic E-state index is -3.71. The molecule has 2 aromatic rings. The number of piperidine rings is 1. The van der Waals surface area contributed by atoms with Gasteiger partial charge in [-0.25, -0.2) is 13.4 Å². The van der Waals surface area contributed by atoms with E-state index in [1.807, 2.05) is 19.9 Å². The lowest BCUT2D eigenvalue weighted by atomic mass is 9.98. The molecule has 1 N–H and O–H groups in total. The number of carbonyl (C=O) groups excluding carboxylic acids is 1. The highest BCUT2D eigenvalue weighted by molar-refractivity contribution is 7.89. The highest BCUT2D eigenvalue weighted by atomic mass is 35.5. The maximum Gasteiger partial charge on any atom is 0.262 e. The van der Waals surface area contributed by atoms with Gasteiger partial charge in [-0.2, -0.15) is 4.31 Å². The average molecular weight is 411 g/mol. The monoisotopic (exact) mass is 410 g/mol. The summed E-state index contributed by atoms with van der Waals surface area (Å²) in [6.07, 6.45) is 4.27. The number of imidazole rings is 1. The fourth-order valence-electron chi connectivity index (χ4n) is 3.11. The Balaban J connectivity index is 1.72. The Kier molecular flexibility index (Phi) is 5.88. The summed E-state index contributed by atoms with van der Waals surface area (Å²) in [6.45, 7) is 4.99. The molecular formula is C18H23ClN4O3S. The summed E-state index contributed by atoms with van der Waals surface area (Å²) < 4.78 is 28.7. The molecule has 1 fully saturated rings. The van der Waals surface area contributed by atoms with Crippen LogP contribution in [-0.4, -0.2) is 41.3 Å². The molecule has 0 saturated carbocycles. The third-order valence-electron chi connectivity index (χ3n) is 4.72. The molecule has 1 amide bonds. The standard InChI is InChI=1S/C18H23ClN4O3S/c1-3-22-11-17(20-12-22)27(25,26)23-8-4-5-14(10-23)18(24)21-16-7-6-13(2)9-15(16)19/h6-7,9,11-12,14H,3-5,8,10H2,1-2H3,(H,21,24)/t14-/m0/s1. The molecule has 2 heterocycles. The van der Waals surface area contributed by atoms with Crippen molar-refractivity contribution < 1.29 is 13.2 Å². The molecule has 0 bridgehead atoms. The Labute approximate surface area is 164 Å². The number of hydrogen-bond donors (Lipinski definition) is 1. The number of aromatic nitrogens is 2. The maximum atomic E-state index is 12.8. The molecular weight excluding hydrogens is 388 g/mol. The van der Waals surface area contributed by atoms with E-state index in [2.05, 4.69) is 10.3 Å². The Morgan fingerprint density at radius 3 is 2.85 bits per heavy atom. The highest BCUT2D eigenvalue weighted by Crippen LogP contribution is 2.27. The molecule has 0 aliphatic carbocycles. The van der Waals surface area contributed by atoms with E-state index in [1.54, 1.807) is 16.7 Å². The van der Waals surface area contributed by atoms with Crippen molar-refractivity contribution in [1.29, 1.82) is 0 Å². The Morgan fingerprint density at radius 2 is 2.19 bits per heavy atom. The largest absolute Gasteiger partial charge is 0.336 e. The van der Waals surface area contributed by atoms with Crippen molar-refractivity contribution in [2.75, 3.05) is 18.4 Å². The van der Waals surface area contributed by atoms with Crippen LogP contribution in [0.2, 0.25) is 5.02 Å². The molecule has 146 valence electrons. The smallest absolute Gasteiger partial charge is 0.262 e. The lowest BCUT2D eigenvalue weighted by Crippen LogP contribution is -2.43. The zero-order chi connectivity index (χ0) is 19.6. The van der Waals surface area contributed by atoms with Crippen molar-refractivity contribution in [2.45, 2.75) is 38.3 Å². The van der Waals surface area contributed by atoms with Gasteiger partial charge in [-0.15, -0.1) is 0 Å². The van der Waals surface area contributed by atoms with Crippen molar-refractivity contribution in [3.63, 3.8) is 0 Å². The van der Waals surface area contributed by atoms with E-state index in [0.29, 0.717) is 36.6 Å². The normalized spacial score (nSPS) is 18.4. The minimum Gasteiger partial charge on any atom is -0.336 e. The van der Waals surface area contributed by atoms with Gasteiger partial charge in [0.1, 0.15) is 0 Å². The second-order valence-electron chi connectivity index (χ2n) is 6.72. The van der Waals surface area contributed by atoms with Gasteiger partial charge in [0.2, 0.25) is 5.91 Å². The fraction of sp³-hybridized carbons (Fsp3) is 0.444. The predicted octanol–water partition coefficient (Wildman–Crippen LogP) is 2.90. The number of hydrogen-bond acceptors (Lipinski definition) is 4. The number of amides is 1. The van der Waals surface area contributed by atoms with E-state index in [1.165, 1.54) is 16.8 Å². The van der Waals surface area contributed by atoms with Gasteiger partial charge in [0.05, 0.1) is 23.0 Å². The van der Waals surface area contributed by atoms with E-state index >= 15 is 0 Å². The van der Waals surface area contributed by atoms with Gasteiger partial charge >= 0.3 is 0 Å². The summed E-state index contributed by atoms with van der Waals surface area (Å²) in [5.41, 5.74) is 1.54. The third kappa shape index (κ3) is 4.34. The van der Waals surface area contributed by atoms with Gasteiger partial charge in [-0.1, -0.05) is 17.7 Å². The molecule has 0 spiro atoms. The lowest BCUT2D eigenvalue weighted by molar-refractivity contribution is -0.120. The summed E-state index contributed by atoms with van der Waals surface area (Å²) in [6, 6.07) is 5.40. The van der Waals surface area contributed by atoms with E-state index in [0.717, 1.165) is 5.56 Å². The van der Waals surface area contributed by atoms with Crippen molar-refractivity contribution >= 4 is 33.2 Å². The maximum absolute atomic E-state index is 12.8. The van der Waals surface area contributed by atoms with Crippen LogP contribution in [0.4, 0.5) is 5.69 Å². The summed E-state index contributed by atoms with van der Waals surface area (Å²) in [4.78, 5) is 16.7. The molecule has 1 aliphatic heterocycles. The topological polar surface area (TPSA) is 84.3 Å². The van der Waals surface area contributed by atoms with Gasteiger partial charge in [0.15, 0.2) is 5.03 Å². The second-order valence-corrected chi connectivity index (χ2v) is 9.01. The second kappa shape index (κ2) is 8.00. The number of aryl methyl sites for hydroxylation is 2. The van der Waals surface area contributed by atoms with Gasteiger partial charge in [0.25, 0.3) is 10.0 Å².